The number of nitrogens with two attached hydrogens (primary N) is 1. The van der Waals surface area contributed by atoms with Crippen LogP contribution >= 0.6 is 0 Å². The Morgan fingerprint density at radius 3 is 2.25 bits per heavy atom. The van der Waals surface area contributed by atoms with Gasteiger partial charge in [0.25, 0.3) is 0 Å². The van der Waals surface area contributed by atoms with Gasteiger partial charge in [-0.2, -0.15) is 0 Å². The van der Waals surface area contributed by atoms with E-state index in [1.165, 1.54) is 0 Å². The molecule has 0 saturated carbocycles. The lowest BCUT2D eigenvalue weighted by Gasteiger charge is -2.27. The predicted molar refractivity (Wildman–Crippen MR) is 61.9 cm³/mol. The Morgan fingerprint density at radius 1 is 1.38 bits per heavy atom. The van der Waals surface area contributed by atoms with Gasteiger partial charge in [-0.25, -0.2) is 4.79 Å². The van der Waals surface area contributed by atoms with Crippen LogP contribution in [0.3, 0.4) is 0 Å². The van der Waals surface area contributed by atoms with Crippen LogP contribution in [0, 0.1) is 11.3 Å². The number of aliphatic carboxylic acids is 1. The van der Waals surface area contributed by atoms with Gasteiger partial charge in [-0.05, 0) is 17.8 Å². The Bertz CT molecular complexity index is 262. The zero-order valence-corrected chi connectivity index (χ0v) is 10.4. The molecule has 0 radical (unpaired) electrons. The second kappa shape index (κ2) is 5.84. The Morgan fingerprint density at radius 2 is 1.88 bits per heavy atom. The number of amides is 1. The van der Waals surface area contributed by atoms with Gasteiger partial charge in [0.15, 0.2) is 6.04 Å². The summed E-state index contributed by atoms with van der Waals surface area (Å²) in [6.07, 6.45) is 0.954. The van der Waals surface area contributed by atoms with Crippen molar-refractivity contribution in [1.82, 2.24) is 5.32 Å². The number of hydrogen-bond donors (Lipinski definition) is 3. The highest BCUT2D eigenvalue weighted by molar-refractivity contribution is 6.00. The Kier molecular flexibility index (Phi) is 5.44. The van der Waals surface area contributed by atoms with E-state index in [4.69, 9.17) is 10.8 Å². The van der Waals surface area contributed by atoms with Crippen molar-refractivity contribution < 1.29 is 14.7 Å². The Balaban J connectivity index is 4.14. The highest BCUT2D eigenvalue weighted by Gasteiger charge is 2.25. The standard InChI is InChI=1S/C11H22N2O3/c1-7(2)5-11(3,4)6-13-9(14)8(12)10(15)16/h7-8H,5-6,12H2,1-4H3,(H,13,14)(H,15,16). The van der Waals surface area contributed by atoms with Crippen molar-refractivity contribution in [2.75, 3.05) is 6.54 Å². The summed E-state index contributed by atoms with van der Waals surface area (Å²) in [7, 11) is 0. The molecule has 5 nitrogen and oxygen atoms in total. The van der Waals surface area contributed by atoms with E-state index in [2.05, 4.69) is 19.2 Å². The number of carboxylic acids is 1. The lowest BCUT2D eigenvalue weighted by atomic mass is 9.84. The second-order valence-electron chi connectivity index (χ2n) is 5.30. The maximum Gasteiger partial charge on any atom is 0.330 e. The normalized spacial score (nSPS) is 13.6. The van der Waals surface area contributed by atoms with Gasteiger partial charge in [-0.3, -0.25) is 4.79 Å². The predicted octanol–water partition coefficient (Wildman–Crippen LogP) is 0.587. The zero-order valence-electron chi connectivity index (χ0n) is 10.4. The molecule has 0 aliphatic heterocycles. The van der Waals surface area contributed by atoms with Crippen LogP contribution in [0.1, 0.15) is 34.1 Å². The van der Waals surface area contributed by atoms with Crippen LogP contribution in [0.2, 0.25) is 0 Å². The molecule has 0 aliphatic rings. The van der Waals surface area contributed by atoms with Crippen molar-refractivity contribution >= 4 is 11.9 Å². The Hall–Kier alpha value is -1.10. The number of nitrogens with one attached hydrogen (secondary N) is 1. The van der Waals surface area contributed by atoms with E-state index in [0.717, 1.165) is 6.42 Å². The molecule has 94 valence electrons. The van der Waals surface area contributed by atoms with Crippen LogP contribution in [0.5, 0.6) is 0 Å². The average molecular weight is 230 g/mol. The van der Waals surface area contributed by atoms with Crippen LogP contribution < -0.4 is 11.1 Å². The number of carboxylic acid groups (broad SMARTS) is 1. The second-order valence-corrected chi connectivity index (χ2v) is 5.30. The number of carbonyl (C=O) groups excluding carboxylic acids is 1. The summed E-state index contributed by atoms with van der Waals surface area (Å²) in [6.45, 7) is 8.70. The molecule has 0 bridgehead atoms. The fourth-order valence-electron chi connectivity index (χ4n) is 1.73. The highest BCUT2D eigenvalue weighted by Crippen LogP contribution is 2.23. The molecule has 0 aromatic rings. The molecule has 16 heavy (non-hydrogen) atoms. The van der Waals surface area contributed by atoms with E-state index < -0.39 is 17.9 Å². The monoisotopic (exact) mass is 230 g/mol. The lowest BCUT2D eigenvalue weighted by Crippen LogP contribution is -2.48. The smallest absolute Gasteiger partial charge is 0.330 e. The largest absolute Gasteiger partial charge is 0.480 e. The molecular weight excluding hydrogens is 208 g/mol. The summed E-state index contributed by atoms with van der Waals surface area (Å²) in [5, 5.41) is 11.1. The summed E-state index contributed by atoms with van der Waals surface area (Å²) in [5.41, 5.74) is 5.13. The summed E-state index contributed by atoms with van der Waals surface area (Å²) < 4.78 is 0. The van der Waals surface area contributed by atoms with E-state index in [9.17, 15) is 9.59 Å². The van der Waals surface area contributed by atoms with Gasteiger partial charge in [0, 0.05) is 6.54 Å². The van der Waals surface area contributed by atoms with Crippen LogP contribution in [0.25, 0.3) is 0 Å². The molecule has 1 unspecified atom stereocenters. The van der Waals surface area contributed by atoms with E-state index in [0.29, 0.717) is 12.5 Å². The minimum Gasteiger partial charge on any atom is -0.480 e. The summed E-state index contributed by atoms with van der Waals surface area (Å²) >= 11 is 0. The molecule has 1 amide bonds. The minimum atomic E-state index is -1.48. The molecule has 5 heteroatoms. The fourth-order valence-corrected chi connectivity index (χ4v) is 1.73. The first-order valence-electron chi connectivity index (χ1n) is 5.42. The summed E-state index contributed by atoms with van der Waals surface area (Å²) in [6, 6.07) is -1.48. The van der Waals surface area contributed by atoms with Gasteiger partial charge in [-0.15, -0.1) is 0 Å². The first kappa shape index (κ1) is 14.9. The summed E-state index contributed by atoms with van der Waals surface area (Å²) in [5.74, 6) is -1.41. The van der Waals surface area contributed by atoms with Crippen LogP contribution in [-0.4, -0.2) is 29.6 Å². The maximum absolute atomic E-state index is 11.3. The van der Waals surface area contributed by atoms with Gasteiger partial charge in [0.05, 0.1) is 0 Å². The van der Waals surface area contributed by atoms with Crippen molar-refractivity contribution in [3.63, 3.8) is 0 Å². The third-order valence-electron chi connectivity index (χ3n) is 2.25. The van der Waals surface area contributed by atoms with Crippen molar-refractivity contribution in [3.8, 4) is 0 Å². The average Bonchev–Trinajstić information content (AvgIpc) is 2.10. The topological polar surface area (TPSA) is 92.4 Å². The van der Waals surface area contributed by atoms with Gasteiger partial charge < -0.3 is 16.2 Å². The minimum absolute atomic E-state index is 0.0535. The third-order valence-corrected chi connectivity index (χ3v) is 2.25. The van der Waals surface area contributed by atoms with Crippen molar-refractivity contribution in [2.24, 2.45) is 17.1 Å². The van der Waals surface area contributed by atoms with E-state index in [-0.39, 0.29) is 5.41 Å². The van der Waals surface area contributed by atoms with Gasteiger partial charge in [0.1, 0.15) is 0 Å². The van der Waals surface area contributed by atoms with Gasteiger partial charge in [0.2, 0.25) is 5.91 Å². The van der Waals surface area contributed by atoms with E-state index in [1.54, 1.807) is 0 Å². The molecule has 0 aromatic heterocycles. The van der Waals surface area contributed by atoms with Crippen molar-refractivity contribution in [1.29, 1.82) is 0 Å². The maximum atomic E-state index is 11.3. The first-order valence-corrected chi connectivity index (χ1v) is 5.42. The first-order chi connectivity index (χ1) is 7.15. The van der Waals surface area contributed by atoms with Gasteiger partial charge >= 0.3 is 5.97 Å². The van der Waals surface area contributed by atoms with Crippen molar-refractivity contribution in [2.45, 2.75) is 40.2 Å². The number of carbonyl (C=O) groups is 2. The summed E-state index contributed by atoms with van der Waals surface area (Å²) in [4.78, 5) is 21.8. The molecule has 4 N–H and O–H groups in total. The van der Waals surface area contributed by atoms with Crippen LogP contribution in [-0.2, 0) is 9.59 Å². The van der Waals surface area contributed by atoms with Crippen molar-refractivity contribution in [3.05, 3.63) is 0 Å². The molecule has 0 saturated heterocycles. The van der Waals surface area contributed by atoms with E-state index >= 15 is 0 Å². The molecule has 0 heterocycles. The third kappa shape index (κ3) is 5.70. The zero-order chi connectivity index (χ0) is 12.9. The molecule has 0 fully saturated rings. The Labute approximate surface area is 96.4 Å². The quantitative estimate of drug-likeness (QED) is 0.582. The van der Waals surface area contributed by atoms with Crippen LogP contribution in [0.4, 0.5) is 0 Å². The van der Waals surface area contributed by atoms with Crippen LogP contribution in [0.15, 0.2) is 0 Å². The van der Waals surface area contributed by atoms with E-state index in [1.807, 2.05) is 13.8 Å². The highest BCUT2D eigenvalue weighted by atomic mass is 16.4. The SMILES string of the molecule is CC(C)CC(C)(C)CNC(=O)C(N)C(=O)O. The molecule has 0 aromatic carbocycles. The number of hydrogen-bond acceptors (Lipinski definition) is 3. The lowest BCUT2D eigenvalue weighted by molar-refractivity contribution is -0.142. The van der Waals surface area contributed by atoms with Gasteiger partial charge in [-0.1, -0.05) is 27.7 Å². The molecule has 0 spiro atoms. The molecule has 0 aliphatic carbocycles. The molecular formula is C11H22N2O3. The fraction of sp³-hybridized carbons (Fsp3) is 0.818. The molecule has 0 rings (SSSR count). The molecule has 1 atom stereocenters. The number of rotatable bonds is 6.